The topological polar surface area (TPSA) is 25.8 Å². The summed E-state index contributed by atoms with van der Waals surface area (Å²) in [6.07, 6.45) is 0. The van der Waals surface area contributed by atoms with Gasteiger partial charge in [-0.3, -0.25) is 0 Å². The van der Waals surface area contributed by atoms with Crippen LogP contribution in [0.5, 0.6) is 0 Å². The van der Waals surface area contributed by atoms with Crippen molar-refractivity contribution < 1.29 is 8.78 Å². The lowest BCUT2D eigenvalue weighted by Crippen LogP contribution is -1.83. The fourth-order valence-corrected chi connectivity index (χ4v) is 2.63. The van der Waals surface area contributed by atoms with Crippen molar-refractivity contribution >= 4 is 23.3 Å². The highest BCUT2D eigenvalue weighted by Gasteiger charge is 2.08. The highest BCUT2D eigenvalue weighted by Crippen LogP contribution is 2.31. The van der Waals surface area contributed by atoms with Gasteiger partial charge in [0.2, 0.25) is 0 Å². The van der Waals surface area contributed by atoms with Gasteiger partial charge in [-0.2, -0.15) is 4.37 Å². The summed E-state index contributed by atoms with van der Waals surface area (Å²) in [5.74, 6) is -0.270. The van der Waals surface area contributed by atoms with Crippen LogP contribution in [0.1, 0.15) is 5.82 Å². The number of hydrogen-bond acceptors (Lipinski definition) is 4. The molecule has 0 amide bonds. The molecule has 0 saturated heterocycles. The van der Waals surface area contributed by atoms with E-state index in [9.17, 15) is 8.78 Å². The molecule has 0 unspecified atom stereocenters. The summed E-state index contributed by atoms with van der Waals surface area (Å²) in [7, 11) is 0. The molecular weight excluding hydrogens is 238 g/mol. The number of aromatic nitrogens is 2. The highest BCUT2D eigenvalue weighted by atomic mass is 32.2. The predicted octanol–water partition coefficient (Wildman–Crippen LogP) is 3.28. The normalized spacial score (nSPS) is 10.6. The van der Waals surface area contributed by atoms with Crippen LogP contribution >= 0.6 is 23.3 Å². The van der Waals surface area contributed by atoms with E-state index >= 15 is 0 Å². The van der Waals surface area contributed by atoms with Crippen molar-refractivity contribution in [3.8, 4) is 0 Å². The summed E-state index contributed by atoms with van der Waals surface area (Å²) in [5, 5.41) is 0. The van der Waals surface area contributed by atoms with Crippen LogP contribution in [0.25, 0.3) is 0 Å². The molecule has 1 aromatic heterocycles. The zero-order chi connectivity index (χ0) is 10.8. The van der Waals surface area contributed by atoms with E-state index in [4.69, 9.17) is 0 Å². The summed E-state index contributed by atoms with van der Waals surface area (Å²) in [6, 6.07) is 3.34. The number of nitrogens with zero attached hydrogens (tertiary/aromatic N) is 2. The van der Waals surface area contributed by atoms with Crippen molar-refractivity contribution in [3.05, 3.63) is 35.7 Å². The van der Waals surface area contributed by atoms with Crippen LogP contribution in [0.4, 0.5) is 8.78 Å². The highest BCUT2D eigenvalue weighted by molar-refractivity contribution is 8.01. The van der Waals surface area contributed by atoms with Crippen LogP contribution in [-0.2, 0) is 0 Å². The lowest BCUT2D eigenvalue weighted by molar-refractivity contribution is 0.577. The van der Waals surface area contributed by atoms with Gasteiger partial charge in [-0.05, 0) is 36.7 Å². The van der Waals surface area contributed by atoms with E-state index in [1.54, 1.807) is 6.92 Å². The van der Waals surface area contributed by atoms with E-state index in [1.807, 2.05) is 0 Å². The number of halogens is 2. The Kier molecular flexibility index (Phi) is 2.97. The molecule has 0 saturated carbocycles. The molecule has 0 aliphatic heterocycles. The SMILES string of the molecule is Cc1nsc(Sc2cc(F)ccc2F)n1. The van der Waals surface area contributed by atoms with Gasteiger partial charge in [0.25, 0.3) is 0 Å². The average molecular weight is 244 g/mol. The van der Waals surface area contributed by atoms with Gasteiger partial charge >= 0.3 is 0 Å². The minimum Gasteiger partial charge on any atom is -0.213 e. The average Bonchev–Trinajstić information content (AvgIpc) is 2.58. The maximum absolute atomic E-state index is 13.2. The molecule has 15 heavy (non-hydrogen) atoms. The lowest BCUT2D eigenvalue weighted by atomic mass is 10.3. The molecule has 0 fully saturated rings. The summed E-state index contributed by atoms with van der Waals surface area (Å²) in [6.45, 7) is 1.75. The fraction of sp³-hybridized carbons (Fsp3) is 0.111. The van der Waals surface area contributed by atoms with Crippen molar-refractivity contribution in [2.45, 2.75) is 16.2 Å². The third-order valence-corrected chi connectivity index (χ3v) is 3.47. The summed E-state index contributed by atoms with van der Waals surface area (Å²) in [5.41, 5.74) is 0. The molecule has 0 bridgehead atoms. The molecule has 78 valence electrons. The zero-order valence-corrected chi connectivity index (χ0v) is 9.33. The maximum atomic E-state index is 13.2. The van der Waals surface area contributed by atoms with Gasteiger partial charge in [0.1, 0.15) is 17.5 Å². The summed E-state index contributed by atoms with van der Waals surface area (Å²) >= 11 is 2.25. The van der Waals surface area contributed by atoms with E-state index in [-0.39, 0.29) is 4.90 Å². The molecule has 1 heterocycles. The molecule has 0 aliphatic carbocycles. The third kappa shape index (κ3) is 2.51. The predicted molar refractivity (Wildman–Crippen MR) is 55.1 cm³/mol. The summed E-state index contributed by atoms with van der Waals surface area (Å²) < 4.78 is 30.6. The smallest absolute Gasteiger partial charge is 0.174 e. The van der Waals surface area contributed by atoms with Crippen molar-refractivity contribution in [1.82, 2.24) is 9.36 Å². The molecule has 0 radical (unpaired) electrons. The number of benzene rings is 1. The Morgan fingerprint density at radius 3 is 2.80 bits per heavy atom. The standard InChI is InChI=1S/C9H6F2N2S2/c1-5-12-9(15-13-5)14-8-4-6(10)2-3-7(8)11/h2-4H,1H3. The molecule has 0 atom stereocenters. The Balaban J connectivity index is 2.27. The first-order valence-electron chi connectivity index (χ1n) is 4.08. The first-order chi connectivity index (χ1) is 7.15. The molecule has 1 aromatic carbocycles. The molecule has 6 heteroatoms. The molecular formula is C9H6F2N2S2. The van der Waals surface area contributed by atoms with Crippen LogP contribution in [0, 0.1) is 18.6 Å². The Bertz CT molecular complexity index is 485. The number of hydrogen-bond donors (Lipinski definition) is 0. The first kappa shape index (κ1) is 10.5. The van der Waals surface area contributed by atoms with Gasteiger partial charge in [-0.25, -0.2) is 13.8 Å². The number of rotatable bonds is 2. The second-order valence-corrected chi connectivity index (χ2v) is 4.83. The third-order valence-electron chi connectivity index (χ3n) is 1.60. The van der Waals surface area contributed by atoms with E-state index in [0.29, 0.717) is 10.2 Å². The van der Waals surface area contributed by atoms with Crippen molar-refractivity contribution in [2.24, 2.45) is 0 Å². The molecule has 0 spiro atoms. The van der Waals surface area contributed by atoms with Gasteiger partial charge in [0, 0.05) is 0 Å². The summed E-state index contributed by atoms with van der Waals surface area (Å²) in [4.78, 5) is 4.29. The Hall–Kier alpha value is -1.01. The van der Waals surface area contributed by atoms with Gasteiger partial charge in [-0.1, -0.05) is 11.8 Å². The molecule has 0 aliphatic rings. The van der Waals surface area contributed by atoms with Crippen molar-refractivity contribution in [2.75, 3.05) is 0 Å². The molecule has 2 nitrogen and oxygen atoms in total. The van der Waals surface area contributed by atoms with E-state index < -0.39 is 11.6 Å². The Morgan fingerprint density at radius 2 is 2.13 bits per heavy atom. The quantitative estimate of drug-likeness (QED) is 0.810. The van der Waals surface area contributed by atoms with Gasteiger partial charge < -0.3 is 0 Å². The molecule has 2 rings (SSSR count). The Labute approximate surface area is 93.5 Å². The molecule has 0 N–H and O–H groups in total. The van der Waals surface area contributed by atoms with Gasteiger partial charge in [0.15, 0.2) is 4.34 Å². The maximum Gasteiger partial charge on any atom is 0.174 e. The van der Waals surface area contributed by atoms with E-state index in [2.05, 4.69) is 9.36 Å². The minimum absolute atomic E-state index is 0.228. The van der Waals surface area contributed by atoms with Crippen LogP contribution in [0.15, 0.2) is 27.4 Å². The second-order valence-electron chi connectivity index (χ2n) is 2.78. The monoisotopic (exact) mass is 244 g/mol. The van der Waals surface area contributed by atoms with Gasteiger partial charge in [0.05, 0.1) is 4.90 Å². The van der Waals surface area contributed by atoms with Crippen LogP contribution in [0.2, 0.25) is 0 Å². The minimum atomic E-state index is -0.458. The van der Waals surface area contributed by atoms with E-state index in [1.165, 1.54) is 11.5 Å². The number of aryl methyl sites for hydroxylation is 1. The van der Waals surface area contributed by atoms with Crippen LogP contribution in [-0.4, -0.2) is 9.36 Å². The lowest BCUT2D eigenvalue weighted by Gasteiger charge is -1.98. The van der Waals surface area contributed by atoms with Crippen LogP contribution < -0.4 is 0 Å². The van der Waals surface area contributed by atoms with E-state index in [0.717, 1.165) is 30.0 Å². The van der Waals surface area contributed by atoms with Gasteiger partial charge in [-0.15, -0.1) is 0 Å². The van der Waals surface area contributed by atoms with Crippen molar-refractivity contribution in [3.63, 3.8) is 0 Å². The first-order valence-corrected chi connectivity index (χ1v) is 5.67. The Morgan fingerprint density at radius 1 is 1.33 bits per heavy atom. The second kappa shape index (κ2) is 4.24. The fourth-order valence-electron chi connectivity index (χ4n) is 0.969. The largest absolute Gasteiger partial charge is 0.213 e. The van der Waals surface area contributed by atoms with Crippen LogP contribution in [0.3, 0.4) is 0 Å². The molecule has 2 aromatic rings. The van der Waals surface area contributed by atoms with Crippen molar-refractivity contribution in [1.29, 1.82) is 0 Å². The zero-order valence-electron chi connectivity index (χ0n) is 7.70.